The van der Waals surface area contributed by atoms with Crippen molar-refractivity contribution in [3.05, 3.63) is 90.1 Å². The number of amides is 2. The summed E-state index contributed by atoms with van der Waals surface area (Å²) in [7, 11) is 1.57. The molecule has 0 radical (unpaired) electrons. The first kappa shape index (κ1) is 21.8. The number of carbonyl (C=O) groups is 2. The summed E-state index contributed by atoms with van der Waals surface area (Å²) in [6, 6.07) is 24.3. The van der Waals surface area contributed by atoms with Crippen molar-refractivity contribution in [1.29, 1.82) is 0 Å². The minimum atomic E-state index is -0.388. The van der Waals surface area contributed by atoms with Gasteiger partial charge in [0.25, 0.3) is 11.8 Å². The van der Waals surface area contributed by atoms with Gasteiger partial charge in [-0.15, -0.1) is 0 Å². The predicted octanol–water partition coefficient (Wildman–Crippen LogP) is 5.08. The minimum absolute atomic E-state index is 0.237. The number of hydrogen-bond donors (Lipinski definition) is 1. The van der Waals surface area contributed by atoms with Crippen molar-refractivity contribution >= 4 is 34.4 Å². The Morgan fingerprint density at radius 3 is 2.09 bits per heavy atom. The number of hydrogen-bond acceptors (Lipinski definition) is 5. The van der Waals surface area contributed by atoms with Crippen molar-refractivity contribution in [3.8, 4) is 5.75 Å². The molecule has 2 aliphatic rings. The molecule has 2 aliphatic heterocycles. The van der Waals surface area contributed by atoms with E-state index in [0.29, 0.717) is 28.3 Å². The smallest absolute Gasteiger partial charge is 0.282 e. The van der Waals surface area contributed by atoms with Crippen molar-refractivity contribution in [2.75, 3.05) is 35.3 Å². The van der Waals surface area contributed by atoms with E-state index in [4.69, 9.17) is 4.74 Å². The zero-order valence-electron chi connectivity index (χ0n) is 19.2. The fraction of sp³-hybridized carbons (Fsp3) is 0.214. The van der Waals surface area contributed by atoms with Crippen LogP contribution >= 0.6 is 0 Å². The number of rotatable bonds is 6. The third-order valence-corrected chi connectivity index (χ3v) is 6.34. The number of benzene rings is 3. The van der Waals surface area contributed by atoms with Crippen LogP contribution in [0.3, 0.4) is 0 Å². The highest BCUT2D eigenvalue weighted by molar-refractivity contribution is 6.46. The summed E-state index contributed by atoms with van der Waals surface area (Å²) in [5.74, 6) is -0.146. The molecule has 0 aliphatic carbocycles. The number of piperidine rings is 1. The van der Waals surface area contributed by atoms with Crippen LogP contribution in [0.5, 0.6) is 5.75 Å². The Balaban J connectivity index is 1.51. The van der Waals surface area contributed by atoms with Crippen molar-refractivity contribution in [2.45, 2.75) is 19.3 Å². The van der Waals surface area contributed by atoms with Gasteiger partial charge in [-0.25, -0.2) is 4.90 Å². The number of carbonyl (C=O) groups excluding carboxylic acids is 2. The topological polar surface area (TPSA) is 61.9 Å². The van der Waals surface area contributed by atoms with Crippen LogP contribution in [-0.2, 0) is 9.59 Å². The number of imide groups is 1. The van der Waals surface area contributed by atoms with E-state index in [1.54, 1.807) is 7.11 Å². The van der Waals surface area contributed by atoms with Gasteiger partial charge < -0.3 is 15.0 Å². The third kappa shape index (κ3) is 4.03. The average molecular weight is 454 g/mol. The Bertz CT molecular complexity index is 1230. The van der Waals surface area contributed by atoms with Crippen LogP contribution in [0.25, 0.3) is 5.57 Å². The molecule has 1 saturated heterocycles. The molecule has 1 fully saturated rings. The van der Waals surface area contributed by atoms with Gasteiger partial charge in [-0.2, -0.15) is 0 Å². The van der Waals surface area contributed by atoms with Gasteiger partial charge in [-0.05, 0) is 61.2 Å². The molecule has 1 N–H and O–H groups in total. The van der Waals surface area contributed by atoms with E-state index in [-0.39, 0.29) is 17.5 Å². The molecule has 0 bridgehead atoms. The highest BCUT2D eigenvalue weighted by Gasteiger charge is 2.40. The van der Waals surface area contributed by atoms with Gasteiger partial charge in [-0.3, -0.25) is 9.59 Å². The van der Waals surface area contributed by atoms with Crippen LogP contribution in [-0.4, -0.2) is 32.0 Å². The fourth-order valence-corrected chi connectivity index (χ4v) is 4.60. The molecule has 0 saturated carbocycles. The molecule has 2 amide bonds. The molecule has 5 rings (SSSR count). The van der Waals surface area contributed by atoms with Gasteiger partial charge >= 0.3 is 0 Å². The Labute approximate surface area is 199 Å². The molecular weight excluding hydrogens is 426 g/mol. The second-order valence-corrected chi connectivity index (χ2v) is 8.45. The van der Waals surface area contributed by atoms with E-state index in [9.17, 15) is 9.59 Å². The van der Waals surface area contributed by atoms with E-state index < -0.39 is 0 Å². The second kappa shape index (κ2) is 9.43. The lowest BCUT2D eigenvalue weighted by Gasteiger charge is -2.29. The van der Waals surface area contributed by atoms with Gasteiger partial charge in [-0.1, -0.05) is 42.5 Å². The highest BCUT2D eigenvalue weighted by Crippen LogP contribution is 2.36. The average Bonchev–Trinajstić information content (AvgIpc) is 3.14. The predicted molar refractivity (Wildman–Crippen MR) is 135 cm³/mol. The maximum Gasteiger partial charge on any atom is 0.282 e. The highest BCUT2D eigenvalue weighted by atomic mass is 16.5. The minimum Gasteiger partial charge on any atom is -0.495 e. The molecule has 0 spiro atoms. The molecule has 0 unspecified atom stereocenters. The summed E-state index contributed by atoms with van der Waals surface area (Å²) >= 11 is 0. The Hall–Kier alpha value is -4.06. The summed E-state index contributed by atoms with van der Waals surface area (Å²) in [6.07, 6.45) is 3.64. The molecule has 6 nitrogen and oxygen atoms in total. The Morgan fingerprint density at radius 2 is 1.38 bits per heavy atom. The number of anilines is 3. The SMILES string of the molecule is COc1ccccc1NC1=C(c2ccccc2)C(=O)N(c2ccc(N3CCCCC3)cc2)C1=O. The van der Waals surface area contributed by atoms with Crippen molar-refractivity contribution < 1.29 is 14.3 Å². The van der Waals surface area contributed by atoms with E-state index in [1.807, 2.05) is 78.9 Å². The second-order valence-electron chi connectivity index (χ2n) is 8.45. The summed E-state index contributed by atoms with van der Waals surface area (Å²) in [5.41, 5.74) is 3.56. The maximum atomic E-state index is 13.6. The molecule has 0 aromatic heterocycles. The first-order valence-corrected chi connectivity index (χ1v) is 11.6. The normalized spacial score (nSPS) is 16.3. The zero-order valence-corrected chi connectivity index (χ0v) is 19.2. The molecule has 2 heterocycles. The number of nitrogens with zero attached hydrogens (tertiary/aromatic N) is 2. The van der Waals surface area contributed by atoms with Crippen LogP contribution in [0.15, 0.2) is 84.6 Å². The van der Waals surface area contributed by atoms with Crippen molar-refractivity contribution in [2.24, 2.45) is 0 Å². The lowest BCUT2D eigenvalue weighted by Crippen LogP contribution is -2.32. The van der Waals surface area contributed by atoms with Crippen LogP contribution in [0.2, 0.25) is 0 Å². The van der Waals surface area contributed by atoms with E-state index >= 15 is 0 Å². The number of ether oxygens (including phenoxy) is 1. The maximum absolute atomic E-state index is 13.6. The molecule has 0 atom stereocenters. The van der Waals surface area contributed by atoms with Gasteiger partial charge in [0.2, 0.25) is 0 Å². The molecule has 172 valence electrons. The zero-order chi connectivity index (χ0) is 23.5. The molecule has 3 aromatic rings. The van der Waals surface area contributed by atoms with E-state index in [0.717, 1.165) is 18.8 Å². The lowest BCUT2D eigenvalue weighted by molar-refractivity contribution is -0.120. The monoisotopic (exact) mass is 453 g/mol. The molecular formula is C28H27N3O3. The number of nitrogens with one attached hydrogen (secondary N) is 1. The van der Waals surface area contributed by atoms with Crippen LogP contribution in [0, 0.1) is 0 Å². The standard InChI is InChI=1S/C28H27N3O3/c1-34-24-13-7-6-12-23(24)29-26-25(20-10-4-2-5-11-20)27(32)31(28(26)33)22-16-14-21(15-17-22)30-18-8-3-9-19-30/h2,4-7,10-17,29H,3,8-9,18-19H2,1H3. The van der Waals surface area contributed by atoms with E-state index in [2.05, 4.69) is 10.2 Å². The lowest BCUT2D eigenvalue weighted by atomic mass is 10.0. The quantitative estimate of drug-likeness (QED) is 0.527. The largest absolute Gasteiger partial charge is 0.495 e. The summed E-state index contributed by atoms with van der Waals surface area (Å²) in [4.78, 5) is 30.8. The number of methoxy groups -OCH3 is 1. The van der Waals surface area contributed by atoms with Gasteiger partial charge in [0, 0.05) is 18.8 Å². The van der Waals surface area contributed by atoms with Gasteiger partial charge in [0.1, 0.15) is 11.4 Å². The van der Waals surface area contributed by atoms with E-state index in [1.165, 1.54) is 24.2 Å². The van der Waals surface area contributed by atoms with Crippen LogP contribution in [0.4, 0.5) is 17.1 Å². The van der Waals surface area contributed by atoms with Crippen LogP contribution < -0.4 is 19.9 Å². The first-order valence-electron chi connectivity index (χ1n) is 11.6. The Morgan fingerprint density at radius 1 is 0.735 bits per heavy atom. The number of para-hydroxylation sites is 2. The molecule has 34 heavy (non-hydrogen) atoms. The fourth-order valence-electron chi connectivity index (χ4n) is 4.60. The third-order valence-electron chi connectivity index (χ3n) is 6.34. The molecule has 6 heteroatoms. The Kier molecular flexibility index (Phi) is 6.04. The van der Waals surface area contributed by atoms with Gasteiger partial charge in [0.15, 0.2) is 0 Å². The van der Waals surface area contributed by atoms with Crippen LogP contribution in [0.1, 0.15) is 24.8 Å². The first-order chi connectivity index (χ1) is 16.7. The van der Waals surface area contributed by atoms with Crippen molar-refractivity contribution in [3.63, 3.8) is 0 Å². The summed E-state index contributed by atoms with van der Waals surface area (Å²) in [5, 5.41) is 3.19. The summed E-state index contributed by atoms with van der Waals surface area (Å²) < 4.78 is 5.44. The summed E-state index contributed by atoms with van der Waals surface area (Å²) in [6.45, 7) is 2.07. The molecule has 3 aromatic carbocycles. The van der Waals surface area contributed by atoms with Gasteiger partial charge in [0.05, 0.1) is 24.1 Å². The van der Waals surface area contributed by atoms with Crippen molar-refractivity contribution in [1.82, 2.24) is 0 Å².